The summed E-state index contributed by atoms with van der Waals surface area (Å²) >= 11 is 6.39. The van der Waals surface area contributed by atoms with Gasteiger partial charge >= 0.3 is 6.03 Å². The molecule has 206 valence electrons. The van der Waals surface area contributed by atoms with Gasteiger partial charge in [0.25, 0.3) is 0 Å². The van der Waals surface area contributed by atoms with Crippen molar-refractivity contribution in [1.29, 1.82) is 0 Å². The number of anilines is 3. The maximum absolute atomic E-state index is 15.0. The number of piperazine rings is 1. The number of rotatable bonds is 10. The van der Waals surface area contributed by atoms with Crippen LogP contribution in [-0.4, -0.2) is 90.4 Å². The van der Waals surface area contributed by atoms with E-state index in [4.69, 9.17) is 16.3 Å². The fourth-order valence-electron chi connectivity index (χ4n) is 4.98. The van der Waals surface area contributed by atoms with Crippen molar-refractivity contribution < 1.29 is 19.0 Å². The van der Waals surface area contributed by atoms with Crippen LogP contribution in [0.4, 0.5) is 26.6 Å². The van der Waals surface area contributed by atoms with E-state index in [9.17, 15) is 9.90 Å². The Hall–Kier alpha value is -2.89. The number of carbonyl (C=O) groups excluding carboxylic acids is 1. The van der Waals surface area contributed by atoms with Gasteiger partial charge in [0.1, 0.15) is 22.3 Å². The number of urea groups is 1. The normalized spacial score (nSPS) is 18.6. The summed E-state index contributed by atoms with van der Waals surface area (Å²) in [6, 6.07) is 0.625. The minimum atomic E-state index is -0.977. The zero-order valence-electron chi connectivity index (χ0n) is 21.9. The molecule has 2 amide bonds. The first-order valence-corrected chi connectivity index (χ1v) is 13.6. The summed E-state index contributed by atoms with van der Waals surface area (Å²) in [4.78, 5) is 30.4. The molecule has 38 heavy (non-hydrogen) atoms. The standard InChI is InChI=1S/C26H35ClFN7O3/c1-32-10-12-33(13-11-32)9-5-3-4-8-29-25-30-15-17-16-34(26(37)35(18-6-7-18)24(17)31-25)23-21(27)20(38-2)14-19(36)22(23)28/h14-15,18,36H,3-13,16H2,1-2H3,(H,29,30,31). The molecule has 3 heterocycles. The number of hydrogen-bond acceptors (Lipinski definition) is 8. The number of amides is 2. The molecule has 0 unspecified atom stereocenters. The molecular weight excluding hydrogens is 513 g/mol. The second kappa shape index (κ2) is 11.5. The second-order valence-electron chi connectivity index (χ2n) is 10.2. The van der Waals surface area contributed by atoms with E-state index in [1.54, 1.807) is 11.1 Å². The van der Waals surface area contributed by atoms with Gasteiger partial charge < -0.3 is 25.0 Å². The van der Waals surface area contributed by atoms with Crippen molar-refractivity contribution in [2.24, 2.45) is 0 Å². The number of methoxy groups -OCH3 is 1. The van der Waals surface area contributed by atoms with Crippen LogP contribution in [0, 0.1) is 5.82 Å². The highest BCUT2D eigenvalue weighted by atomic mass is 35.5. The monoisotopic (exact) mass is 547 g/mol. The smallest absolute Gasteiger partial charge is 0.330 e. The number of hydrogen-bond donors (Lipinski definition) is 2. The molecule has 0 bridgehead atoms. The SMILES string of the molecule is COc1cc(O)c(F)c(N2Cc3cnc(NCCCCCN4CCN(C)CC4)nc3N(C3CC3)C2=O)c1Cl. The van der Waals surface area contributed by atoms with Gasteiger partial charge in [-0.3, -0.25) is 9.80 Å². The Morgan fingerprint density at radius 3 is 2.68 bits per heavy atom. The van der Waals surface area contributed by atoms with Crippen LogP contribution in [-0.2, 0) is 6.54 Å². The first kappa shape index (κ1) is 26.7. The summed E-state index contributed by atoms with van der Waals surface area (Å²) in [6.07, 6.45) is 6.61. The summed E-state index contributed by atoms with van der Waals surface area (Å²) in [7, 11) is 3.53. The minimum Gasteiger partial charge on any atom is -0.505 e. The topological polar surface area (TPSA) is 97.3 Å². The molecule has 1 aliphatic carbocycles. The lowest BCUT2D eigenvalue weighted by Crippen LogP contribution is -2.49. The lowest BCUT2D eigenvalue weighted by atomic mass is 10.1. The Labute approximate surface area is 227 Å². The zero-order valence-corrected chi connectivity index (χ0v) is 22.7. The van der Waals surface area contributed by atoms with Crippen molar-refractivity contribution in [3.05, 3.63) is 28.7 Å². The van der Waals surface area contributed by atoms with Gasteiger partial charge in [-0.15, -0.1) is 0 Å². The van der Waals surface area contributed by atoms with E-state index in [1.807, 2.05) is 0 Å². The van der Waals surface area contributed by atoms with Crippen LogP contribution in [0.3, 0.4) is 0 Å². The molecule has 10 nitrogen and oxygen atoms in total. The molecule has 1 saturated heterocycles. The van der Waals surface area contributed by atoms with E-state index in [1.165, 1.54) is 12.0 Å². The van der Waals surface area contributed by atoms with E-state index < -0.39 is 17.6 Å². The molecule has 5 rings (SSSR count). The van der Waals surface area contributed by atoms with Gasteiger partial charge in [0.15, 0.2) is 11.6 Å². The molecule has 2 fully saturated rings. The van der Waals surface area contributed by atoms with Crippen molar-refractivity contribution in [2.45, 2.75) is 44.7 Å². The Morgan fingerprint density at radius 2 is 1.97 bits per heavy atom. The fourth-order valence-corrected chi connectivity index (χ4v) is 5.29. The first-order valence-electron chi connectivity index (χ1n) is 13.2. The summed E-state index contributed by atoms with van der Waals surface area (Å²) in [5.74, 6) is -0.535. The summed E-state index contributed by atoms with van der Waals surface area (Å²) < 4.78 is 20.2. The largest absolute Gasteiger partial charge is 0.505 e. The van der Waals surface area contributed by atoms with Crippen LogP contribution in [0.25, 0.3) is 0 Å². The maximum Gasteiger partial charge on any atom is 0.330 e. The number of likely N-dealkylation sites (N-methyl/N-ethyl adjacent to an activating group) is 1. The van der Waals surface area contributed by atoms with E-state index in [-0.39, 0.29) is 29.0 Å². The van der Waals surface area contributed by atoms with E-state index in [0.717, 1.165) is 77.4 Å². The van der Waals surface area contributed by atoms with Crippen LogP contribution in [0.5, 0.6) is 11.5 Å². The highest BCUT2D eigenvalue weighted by Gasteiger charge is 2.43. The van der Waals surface area contributed by atoms with Crippen LogP contribution < -0.4 is 19.9 Å². The Bertz CT molecular complexity index is 1170. The van der Waals surface area contributed by atoms with Crippen LogP contribution in [0.1, 0.15) is 37.7 Å². The predicted octanol–water partition coefficient (Wildman–Crippen LogP) is 3.92. The summed E-state index contributed by atoms with van der Waals surface area (Å²) in [6.45, 7) is 6.46. The van der Waals surface area contributed by atoms with Crippen molar-refractivity contribution in [3.63, 3.8) is 0 Å². The number of unbranched alkanes of at least 4 members (excludes halogenated alkanes) is 2. The van der Waals surface area contributed by atoms with E-state index in [0.29, 0.717) is 17.3 Å². The van der Waals surface area contributed by atoms with Gasteiger partial charge in [-0.25, -0.2) is 14.2 Å². The molecule has 2 N–H and O–H groups in total. The minimum absolute atomic E-state index is 0.0210. The number of nitrogens with one attached hydrogen (secondary N) is 1. The number of fused-ring (bicyclic) bond motifs is 1. The summed E-state index contributed by atoms with van der Waals surface area (Å²) in [5.41, 5.74) is 0.454. The number of ether oxygens (including phenoxy) is 1. The third-order valence-electron chi connectivity index (χ3n) is 7.39. The molecule has 2 aromatic rings. The summed E-state index contributed by atoms with van der Waals surface area (Å²) in [5, 5.41) is 13.3. The van der Waals surface area contributed by atoms with Crippen molar-refractivity contribution in [1.82, 2.24) is 19.8 Å². The highest BCUT2D eigenvalue weighted by Crippen LogP contribution is 2.45. The number of phenolic OH excluding ortho intramolecular Hbond substituents is 1. The van der Waals surface area contributed by atoms with Crippen LogP contribution in [0.15, 0.2) is 12.3 Å². The predicted molar refractivity (Wildman–Crippen MR) is 145 cm³/mol. The third-order valence-corrected chi connectivity index (χ3v) is 7.76. The molecule has 3 aliphatic rings. The number of carbonyl (C=O) groups is 1. The fraction of sp³-hybridized carbons (Fsp3) is 0.577. The van der Waals surface area contributed by atoms with Gasteiger partial charge in [0.2, 0.25) is 5.95 Å². The molecule has 1 saturated carbocycles. The second-order valence-corrected chi connectivity index (χ2v) is 10.6. The Kier molecular flexibility index (Phi) is 8.06. The number of nitrogens with zero attached hydrogens (tertiary/aromatic N) is 6. The van der Waals surface area contributed by atoms with Gasteiger partial charge in [-0.1, -0.05) is 18.0 Å². The molecule has 12 heteroatoms. The van der Waals surface area contributed by atoms with E-state index in [2.05, 4.69) is 32.1 Å². The van der Waals surface area contributed by atoms with Crippen LogP contribution >= 0.6 is 11.6 Å². The Morgan fingerprint density at radius 1 is 1.21 bits per heavy atom. The molecule has 0 atom stereocenters. The lowest BCUT2D eigenvalue weighted by molar-refractivity contribution is 0.152. The number of aromatic hydroxyl groups is 1. The first-order chi connectivity index (χ1) is 18.4. The highest BCUT2D eigenvalue weighted by molar-refractivity contribution is 6.35. The number of halogens is 2. The molecule has 1 aromatic carbocycles. The lowest BCUT2D eigenvalue weighted by Gasteiger charge is -2.36. The number of benzene rings is 1. The molecular formula is C26H35ClFN7O3. The number of aromatic nitrogens is 2. The molecule has 1 aromatic heterocycles. The third kappa shape index (κ3) is 5.60. The van der Waals surface area contributed by atoms with Crippen molar-refractivity contribution in [3.8, 4) is 11.5 Å². The average Bonchev–Trinajstić information content (AvgIpc) is 3.75. The van der Waals surface area contributed by atoms with Gasteiger partial charge in [0.05, 0.1) is 13.7 Å². The molecule has 0 spiro atoms. The van der Waals surface area contributed by atoms with Gasteiger partial charge in [-0.05, 0) is 39.3 Å². The quantitative estimate of drug-likeness (QED) is 0.432. The molecule has 2 aliphatic heterocycles. The average molecular weight is 548 g/mol. The van der Waals surface area contributed by atoms with E-state index >= 15 is 4.39 Å². The molecule has 0 radical (unpaired) electrons. The number of phenols is 1. The Balaban J connectivity index is 1.24. The van der Waals surface area contributed by atoms with Gasteiger partial charge in [-0.2, -0.15) is 4.98 Å². The zero-order chi connectivity index (χ0) is 26.8. The van der Waals surface area contributed by atoms with Gasteiger partial charge in [0, 0.05) is 56.6 Å². The van der Waals surface area contributed by atoms with Crippen molar-refractivity contribution >= 4 is 35.1 Å². The maximum atomic E-state index is 15.0. The van der Waals surface area contributed by atoms with Crippen LogP contribution in [0.2, 0.25) is 5.02 Å². The van der Waals surface area contributed by atoms with Crippen molar-refractivity contribution in [2.75, 3.05) is 68.5 Å².